The van der Waals surface area contributed by atoms with Gasteiger partial charge in [-0.05, 0) is 31.5 Å². The van der Waals surface area contributed by atoms with Crippen LogP contribution < -0.4 is 10.6 Å². The van der Waals surface area contributed by atoms with Crippen molar-refractivity contribution in [3.05, 3.63) is 24.4 Å². The van der Waals surface area contributed by atoms with E-state index in [-0.39, 0.29) is 23.8 Å². The van der Waals surface area contributed by atoms with Crippen LogP contribution in [-0.2, 0) is 4.79 Å². The van der Waals surface area contributed by atoms with Crippen LogP contribution in [0.15, 0.2) is 24.4 Å². The lowest BCUT2D eigenvalue weighted by molar-refractivity contribution is -0.114. The molecular formula is C12H20N2O2. The molecule has 0 fully saturated rings. The van der Waals surface area contributed by atoms with Crippen molar-refractivity contribution in [1.82, 2.24) is 10.6 Å². The van der Waals surface area contributed by atoms with Crippen LogP contribution in [0, 0.1) is 5.92 Å². The highest BCUT2D eigenvalue weighted by Gasteiger charge is 2.11. The Morgan fingerprint density at radius 3 is 2.19 bits per heavy atom. The number of carbonyl (C=O) groups excluding carboxylic acids is 2. The highest BCUT2D eigenvalue weighted by molar-refractivity contribution is 5.93. The van der Waals surface area contributed by atoms with Gasteiger partial charge < -0.3 is 10.6 Å². The SMILES string of the molecule is C=CNC(=O)NC(C)/C=C(/C(C)=O)C(C)C. The molecule has 0 heterocycles. The molecule has 0 aliphatic heterocycles. The number of carbonyl (C=O) groups is 2. The largest absolute Gasteiger partial charge is 0.332 e. The van der Waals surface area contributed by atoms with E-state index in [1.54, 1.807) is 6.08 Å². The predicted molar refractivity (Wildman–Crippen MR) is 64.9 cm³/mol. The Balaban J connectivity index is 4.53. The standard InChI is InChI=1S/C12H20N2O2/c1-6-13-12(16)14-9(4)7-11(8(2)3)10(5)15/h6-9H,1H2,2-5H3,(H2,13,14,16)/b11-7+. The summed E-state index contributed by atoms with van der Waals surface area (Å²) in [5.41, 5.74) is 0.728. The number of allylic oxidation sites excluding steroid dienone is 1. The molecule has 0 bridgehead atoms. The molecule has 2 amide bonds. The van der Waals surface area contributed by atoms with Crippen molar-refractivity contribution in [2.45, 2.75) is 33.7 Å². The van der Waals surface area contributed by atoms with E-state index in [1.807, 2.05) is 20.8 Å². The van der Waals surface area contributed by atoms with E-state index in [1.165, 1.54) is 13.1 Å². The van der Waals surface area contributed by atoms with Crippen molar-refractivity contribution in [3.8, 4) is 0 Å². The minimum Gasteiger partial charge on any atom is -0.332 e. The van der Waals surface area contributed by atoms with Gasteiger partial charge in [-0.2, -0.15) is 0 Å². The quantitative estimate of drug-likeness (QED) is 0.702. The molecule has 0 aliphatic rings. The summed E-state index contributed by atoms with van der Waals surface area (Å²) in [7, 11) is 0. The number of amides is 2. The molecule has 16 heavy (non-hydrogen) atoms. The van der Waals surface area contributed by atoms with Crippen LogP contribution in [0.4, 0.5) is 4.79 Å². The molecule has 0 radical (unpaired) electrons. The summed E-state index contributed by atoms with van der Waals surface area (Å²) >= 11 is 0. The van der Waals surface area contributed by atoms with Gasteiger partial charge in [0.25, 0.3) is 0 Å². The summed E-state index contributed by atoms with van der Waals surface area (Å²) in [6, 6.07) is -0.522. The first kappa shape index (κ1) is 14.4. The van der Waals surface area contributed by atoms with E-state index in [9.17, 15) is 9.59 Å². The highest BCUT2D eigenvalue weighted by Crippen LogP contribution is 2.11. The summed E-state index contributed by atoms with van der Waals surface area (Å²) < 4.78 is 0. The van der Waals surface area contributed by atoms with E-state index in [0.29, 0.717) is 0 Å². The second-order valence-electron chi connectivity index (χ2n) is 3.94. The molecule has 0 saturated heterocycles. The minimum absolute atomic E-state index is 0.0350. The number of nitrogens with one attached hydrogen (secondary N) is 2. The number of hydrogen-bond donors (Lipinski definition) is 2. The van der Waals surface area contributed by atoms with Gasteiger partial charge in [-0.3, -0.25) is 4.79 Å². The molecule has 90 valence electrons. The minimum atomic E-state index is -0.328. The van der Waals surface area contributed by atoms with Crippen LogP contribution in [0.1, 0.15) is 27.7 Å². The fourth-order valence-electron chi connectivity index (χ4n) is 1.37. The average Bonchev–Trinajstić information content (AvgIpc) is 2.13. The zero-order chi connectivity index (χ0) is 12.7. The van der Waals surface area contributed by atoms with Crippen molar-refractivity contribution < 1.29 is 9.59 Å². The van der Waals surface area contributed by atoms with Crippen molar-refractivity contribution in [1.29, 1.82) is 0 Å². The molecule has 0 aliphatic carbocycles. The lowest BCUT2D eigenvalue weighted by Gasteiger charge is -2.13. The summed E-state index contributed by atoms with van der Waals surface area (Å²) in [5.74, 6) is 0.192. The highest BCUT2D eigenvalue weighted by atomic mass is 16.2. The third-order valence-corrected chi connectivity index (χ3v) is 2.05. The molecule has 0 spiro atoms. The first-order valence-corrected chi connectivity index (χ1v) is 5.29. The first-order valence-electron chi connectivity index (χ1n) is 5.29. The van der Waals surface area contributed by atoms with Gasteiger partial charge in [-0.25, -0.2) is 4.79 Å². The van der Waals surface area contributed by atoms with Crippen LogP contribution in [-0.4, -0.2) is 17.9 Å². The fraction of sp³-hybridized carbons (Fsp3) is 0.500. The van der Waals surface area contributed by atoms with Crippen LogP contribution >= 0.6 is 0 Å². The van der Waals surface area contributed by atoms with Crippen molar-refractivity contribution in [3.63, 3.8) is 0 Å². The zero-order valence-electron chi connectivity index (χ0n) is 10.3. The molecule has 4 heteroatoms. The van der Waals surface area contributed by atoms with E-state index >= 15 is 0 Å². The summed E-state index contributed by atoms with van der Waals surface area (Å²) in [5, 5.41) is 5.08. The number of rotatable bonds is 5. The number of hydrogen-bond acceptors (Lipinski definition) is 2. The Labute approximate surface area is 96.8 Å². The Morgan fingerprint density at radius 1 is 1.25 bits per heavy atom. The molecular weight excluding hydrogens is 204 g/mol. The van der Waals surface area contributed by atoms with Gasteiger partial charge >= 0.3 is 6.03 Å². The van der Waals surface area contributed by atoms with E-state index < -0.39 is 0 Å². The molecule has 4 nitrogen and oxygen atoms in total. The van der Waals surface area contributed by atoms with Crippen molar-refractivity contribution in [2.75, 3.05) is 0 Å². The molecule has 2 N–H and O–H groups in total. The molecule has 0 aromatic heterocycles. The van der Waals surface area contributed by atoms with Crippen LogP contribution in [0.5, 0.6) is 0 Å². The summed E-state index contributed by atoms with van der Waals surface area (Å²) in [6.45, 7) is 10.6. The summed E-state index contributed by atoms with van der Waals surface area (Å²) in [6.07, 6.45) is 3.08. The Hall–Kier alpha value is -1.58. The lowest BCUT2D eigenvalue weighted by atomic mass is 9.98. The maximum atomic E-state index is 11.3. The maximum Gasteiger partial charge on any atom is 0.319 e. The van der Waals surface area contributed by atoms with Crippen LogP contribution in [0.3, 0.4) is 0 Å². The predicted octanol–water partition coefficient (Wildman–Crippen LogP) is 1.99. The third kappa shape index (κ3) is 5.34. The van der Waals surface area contributed by atoms with Gasteiger partial charge in [0.2, 0.25) is 0 Å². The van der Waals surface area contributed by atoms with Gasteiger partial charge in [-0.15, -0.1) is 0 Å². The number of Topliss-reactive ketones (excluding diaryl/α,β-unsaturated/α-hetero) is 1. The van der Waals surface area contributed by atoms with Gasteiger partial charge in [0.1, 0.15) is 0 Å². The van der Waals surface area contributed by atoms with E-state index in [4.69, 9.17) is 0 Å². The second kappa shape index (κ2) is 6.82. The third-order valence-electron chi connectivity index (χ3n) is 2.05. The summed E-state index contributed by atoms with van der Waals surface area (Å²) in [4.78, 5) is 22.5. The topological polar surface area (TPSA) is 58.2 Å². The van der Waals surface area contributed by atoms with Crippen LogP contribution in [0.2, 0.25) is 0 Å². The molecule has 0 aromatic carbocycles. The van der Waals surface area contributed by atoms with Gasteiger partial charge in [0.05, 0.1) is 0 Å². The number of urea groups is 1. The zero-order valence-corrected chi connectivity index (χ0v) is 10.3. The van der Waals surface area contributed by atoms with Gasteiger partial charge in [0.15, 0.2) is 5.78 Å². The first-order chi connectivity index (χ1) is 7.38. The number of ketones is 1. The van der Waals surface area contributed by atoms with Crippen molar-refractivity contribution in [2.24, 2.45) is 5.92 Å². The van der Waals surface area contributed by atoms with Gasteiger partial charge in [0, 0.05) is 6.04 Å². The fourth-order valence-corrected chi connectivity index (χ4v) is 1.37. The molecule has 1 atom stereocenters. The monoisotopic (exact) mass is 224 g/mol. The van der Waals surface area contributed by atoms with Crippen LogP contribution in [0.25, 0.3) is 0 Å². The normalized spacial score (nSPS) is 13.2. The average molecular weight is 224 g/mol. The molecule has 1 unspecified atom stereocenters. The Bertz CT molecular complexity index is 306. The molecule has 0 aromatic rings. The van der Waals surface area contributed by atoms with Gasteiger partial charge in [-0.1, -0.05) is 26.5 Å². The Morgan fingerprint density at radius 2 is 1.81 bits per heavy atom. The molecule has 0 saturated carbocycles. The lowest BCUT2D eigenvalue weighted by Crippen LogP contribution is -2.37. The maximum absolute atomic E-state index is 11.3. The van der Waals surface area contributed by atoms with E-state index in [0.717, 1.165) is 5.57 Å². The van der Waals surface area contributed by atoms with Crippen molar-refractivity contribution >= 4 is 11.8 Å². The smallest absolute Gasteiger partial charge is 0.319 e. The second-order valence-corrected chi connectivity index (χ2v) is 3.94. The Kier molecular flexibility index (Phi) is 6.15. The van der Waals surface area contributed by atoms with E-state index in [2.05, 4.69) is 17.2 Å². The molecule has 0 rings (SSSR count).